The number of carbonyl (C=O) groups is 1. The largest absolute Gasteiger partial charge is 0.354 e. The van der Waals surface area contributed by atoms with Crippen molar-refractivity contribution in [2.75, 3.05) is 0 Å². The van der Waals surface area contributed by atoms with E-state index >= 15 is 0 Å². The number of nitrogens with zero attached hydrogens (tertiary/aromatic N) is 2. The molecule has 0 aliphatic rings. The third-order valence-corrected chi connectivity index (χ3v) is 1.79. The van der Waals surface area contributed by atoms with Crippen LogP contribution < -0.4 is 5.32 Å². The average molecular weight is 195 g/mol. The van der Waals surface area contributed by atoms with Crippen LogP contribution >= 0.6 is 0 Å². The fourth-order valence-electron chi connectivity index (χ4n) is 1.20. The molecular formula is C10H17N3O. The number of aromatic nitrogens is 2. The second-order valence-corrected chi connectivity index (χ2v) is 3.69. The summed E-state index contributed by atoms with van der Waals surface area (Å²) in [5.74, 6) is 0.0770. The molecule has 0 saturated carbocycles. The second kappa shape index (κ2) is 4.79. The van der Waals surface area contributed by atoms with Gasteiger partial charge in [-0.2, -0.15) is 5.10 Å². The van der Waals surface area contributed by atoms with Gasteiger partial charge in [-0.05, 0) is 26.8 Å². The summed E-state index contributed by atoms with van der Waals surface area (Å²) in [5.41, 5.74) is 0.981. The van der Waals surface area contributed by atoms with Gasteiger partial charge in [0.25, 0.3) is 0 Å². The van der Waals surface area contributed by atoms with Crippen LogP contribution in [0.25, 0.3) is 0 Å². The third kappa shape index (κ3) is 3.60. The van der Waals surface area contributed by atoms with Crippen molar-refractivity contribution in [3.63, 3.8) is 0 Å². The van der Waals surface area contributed by atoms with Gasteiger partial charge in [-0.25, -0.2) is 0 Å². The Morgan fingerprint density at radius 1 is 1.64 bits per heavy atom. The molecule has 1 aromatic rings. The van der Waals surface area contributed by atoms with Crippen LogP contribution in [0.1, 0.15) is 26.0 Å². The summed E-state index contributed by atoms with van der Waals surface area (Å²) in [7, 11) is 0. The van der Waals surface area contributed by atoms with Crippen LogP contribution in [0.4, 0.5) is 0 Å². The molecule has 78 valence electrons. The average Bonchev–Trinajstić information content (AvgIpc) is 2.47. The fourth-order valence-corrected chi connectivity index (χ4v) is 1.20. The maximum absolute atomic E-state index is 11.3. The summed E-state index contributed by atoms with van der Waals surface area (Å²) in [6.45, 7) is 6.49. The van der Waals surface area contributed by atoms with E-state index in [1.165, 1.54) is 0 Å². The minimum absolute atomic E-state index is 0.0770. The van der Waals surface area contributed by atoms with Crippen molar-refractivity contribution >= 4 is 5.91 Å². The molecule has 0 saturated heterocycles. The molecule has 0 aliphatic carbocycles. The van der Waals surface area contributed by atoms with E-state index in [9.17, 15) is 4.79 Å². The van der Waals surface area contributed by atoms with Crippen LogP contribution in [0.15, 0.2) is 12.3 Å². The van der Waals surface area contributed by atoms with Crippen LogP contribution in [-0.4, -0.2) is 21.7 Å². The van der Waals surface area contributed by atoms with E-state index in [4.69, 9.17) is 0 Å². The van der Waals surface area contributed by atoms with Gasteiger partial charge in [0.1, 0.15) is 0 Å². The van der Waals surface area contributed by atoms with E-state index < -0.39 is 0 Å². The maximum atomic E-state index is 11.3. The van der Waals surface area contributed by atoms with Gasteiger partial charge in [0.15, 0.2) is 0 Å². The third-order valence-electron chi connectivity index (χ3n) is 1.79. The number of hydrogen-bond donors (Lipinski definition) is 1. The first kappa shape index (κ1) is 10.8. The number of nitrogens with one attached hydrogen (secondary N) is 1. The highest BCUT2D eigenvalue weighted by Crippen LogP contribution is 1.94. The maximum Gasteiger partial charge on any atom is 0.222 e. The smallest absolute Gasteiger partial charge is 0.222 e. The van der Waals surface area contributed by atoms with Crippen molar-refractivity contribution in [1.82, 2.24) is 15.1 Å². The van der Waals surface area contributed by atoms with Crippen molar-refractivity contribution in [3.05, 3.63) is 18.0 Å². The number of hydrogen-bond acceptors (Lipinski definition) is 2. The molecule has 1 amide bonds. The van der Waals surface area contributed by atoms with Crippen LogP contribution in [0.2, 0.25) is 0 Å². The normalized spacial score (nSPS) is 10.6. The molecule has 14 heavy (non-hydrogen) atoms. The standard InChI is InChI=1S/C10H17N3O/c1-8(2)11-10(14)5-7-13-6-4-9(3)12-13/h4,6,8H,5,7H2,1-3H3,(H,11,14). The van der Waals surface area contributed by atoms with E-state index in [2.05, 4.69) is 10.4 Å². The van der Waals surface area contributed by atoms with Gasteiger partial charge in [-0.1, -0.05) is 0 Å². The molecule has 1 rings (SSSR count). The van der Waals surface area contributed by atoms with Crippen molar-refractivity contribution in [1.29, 1.82) is 0 Å². The molecule has 0 unspecified atom stereocenters. The Labute approximate surface area is 84.3 Å². The minimum atomic E-state index is 0.0770. The molecule has 0 radical (unpaired) electrons. The molecule has 1 aromatic heterocycles. The lowest BCUT2D eigenvalue weighted by atomic mass is 10.3. The van der Waals surface area contributed by atoms with Gasteiger partial charge in [0, 0.05) is 25.2 Å². The fraction of sp³-hybridized carbons (Fsp3) is 0.600. The molecule has 0 atom stereocenters. The van der Waals surface area contributed by atoms with Gasteiger partial charge in [0.05, 0.1) is 5.69 Å². The molecule has 1 heterocycles. The monoisotopic (exact) mass is 195 g/mol. The van der Waals surface area contributed by atoms with Crippen molar-refractivity contribution in [3.8, 4) is 0 Å². The van der Waals surface area contributed by atoms with Crippen molar-refractivity contribution in [2.24, 2.45) is 0 Å². The van der Waals surface area contributed by atoms with Gasteiger partial charge in [-0.15, -0.1) is 0 Å². The highest BCUT2D eigenvalue weighted by atomic mass is 16.1. The van der Waals surface area contributed by atoms with Crippen LogP contribution in [-0.2, 0) is 11.3 Å². The Morgan fingerprint density at radius 3 is 2.86 bits per heavy atom. The first-order valence-corrected chi connectivity index (χ1v) is 4.87. The lowest BCUT2D eigenvalue weighted by Gasteiger charge is -2.07. The summed E-state index contributed by atoms with van der Waals surface area (Å²) in [6, 6.07) is 2.14. The topological polar surface area (TPSA) is 46.9 Å². The SMILES string of the molecule is Cc1ccn(CCC(=O)NC(C)C)n1. The van der Waals surface area contributed by atoms with E-state index in [1.807, 2.05) is 33.0 Å². The van der Waals surface area contributed by atoms with Crippen LogP contribution in [0.5, 0.6) is 0 Å². The van der Waals surface area contributed by atoms with Gasteiger partial charge >= 0.3 is 0 Å². The zero-order valence-corrected chi connectivity index (χ0v) is 8.95. The molecule has 0 aliphatic heterocycles. The lowest BCUT2D eigenvalue weighted by molar-refractivity contribution is -0.121. The van der Waals surface area contributed by atoms with E-state index in [0.717, 1.165) is 5.69 Å². The lowest BCUT2D eigenvalue weighted by Crippen LogP contribution is -2.30. The number of rotatable bonds is 4. The molecule has 0 aromatic carbocycles. The van der Waals surface area contributed by atoms with Crippen molar-refractivity contribution < 1.29 is 4.79 Å². The highest BCUT2D eigenvalue weighted by molar-refractivity contribution is 5.76. The Kier molecular flexibility index (Phi) is 3.68. The quantitative estimate of drug-likeness (QED) is 0.782. The Bertz CT molecular complexity index is 304. The first-order chi connectivity index (χ1) is 6.58. The second-order valence-electron chi connectivity index (χ2n) is 3.69. The van der Waals surface area contributed by atoms with Crippen LogP contribution in [0, 0.1) is 6.92 Å². The zero-order valence-electron chi connectivity index (χ0n) is 8.95. The minimum Gasteiger partial charge on any atom is -0.354 e. The Balaban J connectivity index is 2.30. The molecule has 0 spiro atoms. The Morgan fingerprint density at radius 2 is 2.36 bits per heavy atom. The van der Waals surface area contributed by atoms with E-state index in [1.54, 1.807) is 4.68 Å². The van der Waals surface area contributed by atoms with Crippen molar-refractivity contribution in [2.45, 2.75) is 39.8 Å². The summed E-state index contributed by atoms with van der Waals surface area (Å²) in [6.07, 6.45) is 2.37. The van der Waals surface area contributed by atoms with E-state index in [-0.39, 0.29) is 11.9 Å². The molecule has 4 heteroatoms. The molecule has 0 bridgehead atoms. The number of amides is 1. The predicted molar refractivity (Wildman–Crippen MR) is 54.9 cm³/mol. The van der Waals surface area contributed by atoms with Gasteiger partial charge in [-0.3, -0.25) is 9.48 Å². The summed E-state index contributed by atoms with van der Waals surface area (Å²) in [4.78, 5) is 11.3. The van der Waals surface area contributed by atoms with Gasteiger partial charge < -0.3 is 5.32 Å². The number of carbonyl (C=O) groups excluding carboxylic acids is 1. The molecule has 0 fully saturated rings. The summed E-state index contributed by atoms with van der Waals surface area (Å²) in [5, 5.41) is 7.04. The first-order valence-electron chi connectivity index (χ1n) is 4.87. The molecule has 4 nitrogen and oxygen atoms in total. The summed E-state index contributed by atoms with van der Waals surface area (Å²) >= 11 is 0. The van der Waals surface area contributed by atoms with E-state index in [0.29, 0.717) is 13.0 Å². The Hall–Kier alpha value is -1.32. The van der Waals surface area contributed by atoms with Gasteiger partial charge in [0.2, 0.25) is 5.91 Å². The zero-order chi connectivity index (χ0) is 10.6. The molecular weight excluding hydrogens is 178 g/mol. The number of aryl methyl sites for hydroxylation is 2. The van der Waals surface area contributed by atoms with Crippen LogP contribution in [0.3, 0.4) is 0 Å². The molecule has 1 N–H and O–H groups in total. The highest BCUT2D eigenvalue weighted by Gasteiger charge is 2.03. The summed E-state index contributed by atoms with van der Waals surface area (Å²) < 4.78 is 1.79. The predicted octanol–water partition coefficient (Wildman–Crippen LogP) is 1.11.